The number of unbranched alkanes of at least 4 members (excludes halogenated alkanes) is 4. The van der Waals surface area contributed by atoms with Crippen molar-refractivity contribution < 1.29 is 76.1 Å². The van der Waals surface area contributed by atoms with Crippen molar-refractivity contribution in [3.63, 3.8) is 0 Å². The lowest BCUT2D eigenvalue weighted by molar-refractivity contribution is -0.145. The van der Waals surface area contributed by atoms with E-state index >= 15 is 0 Å². The molecule has 0 spiro atoms. The average Bonchev–Trinajstić information content (AvgIpc) is 3.51. The van der Waals surface area contributed by atoms with Crippen LogP contribution >= 0.6 is 0 Å². The number of imide groups is 2. The van der Waals surface area contributed by atoms with Crippen molar-refractivity contribution in [1.82, 2.24) is 10.2 Å². The number of ether oxygens (including phenoxy) is 10. The smallest absolute Gasteiger partial charge is 0.305 e. The van der Waals surface area contributed by atoms with Crippen LogP contribution < -0.4 is 10.6 Å². The molecule has 62 heavy (non-hydrogen) atoms. The minimum atomic E-state index is -1.08. The van der Waals surface area contributed by atoms with Crippen molar-refractivity contribution in [3.8, 4) is 0 Å². The topological polar surface area (TPSA) is 222 Å². The van der Waals surface area contributed by atoms with Gasteiger partial charge < -0.3 is 52.7 Å². The molecule has 5 amide bonds. The minimum Gasteiger partial charge on any atom is -0.463 e. The zero-order chi connectivity index (χ0) is 44.5. The van der Waals surface area contributed by atoms with E-state index < -0.39 is 29.7 Å². The fraction of sp³-hybridized carbons (Fsp3) is 0.721. The summed E-state index contributed by atoms with van der Waals surface area (Å²) in [5, 5.41) is 4.90. The summed E-state index contributed by atoms with van der Waals surface area (Å²) in [6, 6.07) is 3.52. The number of hydrogen-bond acceptors (Lipinski definition) is 16. The molecule has 1 saturated heterocycles. The van der Waals surface area contributed by atoms with Crippen LogP contribution in [0.15, 0.2) is 18.2 Å². The van der Waals surface area contributed by atoms with Gasteiger partial charge in [0.2, 0.25) is 17.7 Å². The summed E-state index contributed by atoms with van der Waals surface area (Å²) in [4.78, 5) is 75.1. The predicted molar refractivity (Wildman–Crippen MR) is 223 cm³/mol. The lowest BCUT2D eigenvalue weighted by Crippen LogP contribution is -2.54. The van der Waals surface area contributed by atoms with Crippen molar-refractivity contribution in [3.05, 3.63) is 29.3 Å². The number of carbonyl (C=O) groups excluding carboxylic acids is 6. The van der Waals surface area contributed by atoms with Gasteiger partial charge in [-0.15, -0.1) is 0 Å². The standard InChI is InChI=1S/C43H67N3O16/c1-2-3-5-12-39(49)62-33-32-61-31-30-60-29-28-59-27-26-58-25-24-57-23-22-56-21-20-55-19-18-54-17-16-53-15-7-4-6-11-37(47)44-35-10-8-9-34-40(35)43(52)46(42(34)51)36-13-14-38(48)45-41(36)50/h8-10,36H,2-7,11-33H2,1H3,(H,44,47)(H,45,48,50). The molecule has 0 aliphatic carbocycles. The van der Waals surface area contributed by atoms with E-state index in [1.54, 1.807) is 12.1 Å². The number of rotatable bonds is 39. The molecule has 0 bridgehead atoms. The molecule has 19 nitrogen and oxygen atoms in total. The summed E-state index contributed by atoms with van der Waals surface area (Å²) < 4.78 is 54.5. The number of hydrogen-bond donors (Lipinski definition) is 2. The van der Waals surface area contributed by atoms with Crippen LogP contribution in [-0.2, 0) is 66.5 Å². The van der Waals surface area contributed by atoms with Crippen LogP contribution in [0.25, 0.3) is 0 Å². The monoisotopic (exact) mass is 881 g/mol. The summed E-state index contributed by atoms with van der Waals surface area (Å²) in [6.07, 6.45) is 5.87. The molecular formula is C43H67N3O16. The molecule has 3 rings (SSSR count). The second-order valence-electron chi connectivity index (χ2n) is 14.2. The molecule has 0 radical (unpaired) electrons. The van der Waals surface area contributed by atoms with Crippen LogP contribution in [0.1, 0.15) is 91.8 Å². The fourth-order valence-electron chi connectivity index (χ4n) is 6.17. The maximum atomic E-state index is 13.2. The Balaban J connectivity index is 0.996. The summed E-state index contributed by atoms with van der Waals surface area (Å²) in [6.45, 7) is 10.5. The van der Waals surface area contributed by atoms with Crippen LogP contribution in [0.3, 0.4) is 0 Å². The average molecular weight is 882 g/mol. The number of benzene rings is 1. The van der Waals surface area contributed by atoms with E-state index in [-0.39, 0.29) is 54.6 Å². The van der Waals surface area contributed by atoms with Crippen molar-refractivity contribution in [2.45, 2.75) is 77.2 Å². The summed E-state index contributed by atoms with van der Waals surface area (Å²) in [5.41, 5.74) is 0.374. The third-order valence-corrected chi connectivity index (χ3v) is 9.39. The molecule has 19 heteroatoms. The van der Waals surface area contributed by atoms with Gasteiger partial charge in [-0.2, -0.15) is 0 Å². The van der Waals surface area contributed by atoms with Gasteiger partial charge in [0, 0.05) is 25.9 Å². The molecule has 1 fully saturated rings. The van der Waals surface area contributed by atoms with Crippen LogP contribution in [0, 0.1) is 0 Å². The van der Waals surface area contributed by atoms with E-state index in [1.165, 1.54) is 6.07 Å². The number of amides is 5. The largest absolute Gasteiger partial charge is 0.463 e. The first-order chi connectivity index (χ1) is 30.3. The molecule has 1 aromatic carbocycles. The van der Waals surface area contributed by atoms with E-state index in [9.17, 15) is 28.8 Å². The van der Waals surface area contributed by atoms with Crippen molar-refractivity contribution in [2.24, 2.45) is 0 Å². The second-order valence-corrected chi connectivity index (χ2v) is 14.2. The third-order valence-electron chi connectivity index (χ3n) is 9.39. The number of esters is 1. The van der Waals surface area contributed by atoms with Gasteiger partial charge in [-0.05, 0) is 37.8 Å². The molecule has 2 N–H and O–H groups in total. The zero-order valence-electron chi connectivity index (χ0n) is 36.3. The minimum absolute atomic E-state index is 0.0259. The normalized spacial score (nSPS) is 15.0. The maximum Gasteiger partial charge on any atom is 0.305 e. The second kappa shape index (κ2) is 33.6. The SMILES string of the molecule is CCCCCC(=O)OCCOCCOCCOCCOCCOCCOCCOCCOCCOCCCCCC(=O)Nc1cccc2c1C(=O)N(C1CCC(=O)NC1=O)C2=O. The molecule has 0 aromatic heterocycles. The van der Waals surface area contributed by atoms with E-state index in [0.29, 0.717) is 132 Å². The van der Waals surface area contributed by atoms with Gasteiger partial charge in [0.1, 0.15) is 12.6 Å². The van der Waals surface area contributed by atoms with Crippen LogP contribution in [0.4, 0.5) is 5.69 Å². The maximum absolute atomic E-state index is 13.2. The number of nitrogens with zero attached hydrogens (tertiary/aromatic N) is 1. The highest BCUT2D eigenvalue weighted by Crippen LogP contribution is 2.32. The molecule has 1 aromatic rings. The molecule has 350 valence electrons. The Bertz CT molecular complexity index is 1480. The Hall–Kier alpha value is -3.92. The van der Waals surface area contributed by atoms with Crippen LogP contribution in [0.5, 0.6) is 0 Å². The van der Waals surface area contributed by atoms with E-state index in [4.69, 9.17) is 47.4 Å². The number of carbonyl (C=O) groups is 6. The quantitative estimate of drug-likeness (QED) is 0.0551. The van der Waals surface area contributed by atoms with Crippen molar-refractivity contribution in [1.29, 1.82) is 0 Å². The highest BCUT2D eigenvalue weighted by atomic mass is 16.6. The molecule has 0 saturated carbocycles. The Morgan fingerprint density at radius 3 is 1.58 bits per heavy atom. The lowest BCUT2D eigenvalue weighted by atomic mass is 10.0. The van der Waals surface area contributed by atoms with Crippen molar-refractivity contribution >= 4 is 41.2 Å². The highest BCUT2D eigenvalue weighted by Gasteiger charge is 2.45. The zero-order valence-corrected chi connectivity index (χ0v) is 36.3. The Morgan fingerprint density at radius 1 is 0.597 bits per heavy atom. The molecule has 2 aliphatic rings. The van der Waals surface area contributed by atoms with Gasteiger partial charge in [0.25, 0.3) is 11.8 Å². The number of nitrogens with one attached hydrogen (secondary N) is 2. The number of fused-ring (bicyclic) bond motifs is 1. The van der Waals surface area contributed by atoms with Crippen LogP contribution in [0.2, 0.25) is 0 Å². The first-order valence-electron chi connectivity index (χ1n) is 21.8. The fourth-order valence-corrected chi connectivity index (χ4v) is 6.17. The van der Waals surface area contributed by atoms with Gasteiger partial charge in [-0.1, -0.05) is 32.3 Å². The van der Waals surface area contributed by atoms with E-state index in [1.807, 2.05) is 0 Å². The predicted octanol–water partition coefficient (Wildman–Crippen LogP) is 2.86. The van der Waals surface area contributed by atoms with Crippen LogP contribution in [-0.4, -0.2) is 172 Å². The molecule has 2 aliphatic heterocycles. The molecule has 1 unspecified atom stereocenters. The van der Waals surface area contributed by atoms with Gasteiger partial charge in [0.05, 0.1) is 129 Å². The molecular weight excluding hydrogens is 814 g/mol. The first-order valence-corrected chi connectivity index (χ1v) is 21.8. The van der Waals surface area contributed by atoms with Gasteiger partial charge in [-0.3, -0.25) is 39.0 Å². The van der Waals surface area contributed by atoms with Gasteiger partial charge in [-0.25, -0.2) is 0 Å². The molecule has 2 heterocycles. The van der Waals surface area contributed by atoms with E-state index in [0.717, 1.165) is 37.0 Å². The van der Waals surface area contributed by atoms with Gasteiger partial charge in [0.15, 0.2) is 0 Å². The summed E-state index contributed by atoms with van der Waals surface area (Å²) in [7, 11) is 0. The molecule has 1 atom stereocenters. The third kappa shape index (κ3) is 21.9. The van der Waals surface area contributed by atoms with Gasteiger partial charge >= 0.3 is 5.97 Å². The summed E-state index contributed by atoms with van der Waals surface area (Å²) >= 11 is 0. The summed E-state index contributed by atoms with van der Waals surface area (Å²) in [5.74, 6) is -2.90. The highest BCUT2D eigenvalue weighted by molar-refractivity contribution is 6.26. The Kier molecular flexibility index (Phi) is 28.4. The number of anilines is 1. The lowest BCUT2D eigenvalue weighted by Gasteiger charge is -2.27. The van der Waals surface area contributed by atoms with E-state index in [2.05, 4.69) is 17.6 Å². The number of piperidine rings is 1. The Labute approximate surface area is 364 Å². The first kappa shape index (κ1) is 52.4. The Morgan fingerprint density at radius 2 is 1.08 bits per heavy atom. The van der Waals surface area contributed by atoms with Crippen molar-refractivity contribution in [2.75, 3.05) is 131 Å².